The fourth-order valence-electron chi connectivity index (χ4n) is 7.15. The van der Waals surface area contributed by atoms with Gasteiger partial charge in [0.15, 0.2) is 0 Å². The summed E-state index contributed by atoms with van der Waals surface area (Å²) in [6.45, 7) is 8.11. The molecule has 9 rings (SSSR count). The van der Waals surface area contributed by atoms with Crippen LogP contribution in [0.1, 0.15) is 40.0 Å². The van der Waals surface area contributed by atoms with Crippen molar-refractivity contribution in [3.05, 3.63) is 273 Å². The van der Waals surface area contributed by atoms with E-state index in [2.05, 4.69) is 280 Å². The molecule has 0 spiro atoms. The predicted octanol–water partition coefficient (Wildman–Crippen LogP) is 6.08. The van der Waals surface area contributed by atoms with Crippen LogP contribution in [-0.2, 0) is 53.0 Å². The van der Waals surface area contributed by atoms with Gasteiger partial charge in [0.05, 0.1) is 0 Å². The number of carboxylic acid groups (broad SMARTS) is 3. The van der Waals surface area contributed by atoms with Gasteiger partial charge in [0.2, 0.25) is 0 Å². The molecule has 0 bridgehead atoms. The standard InChI is InChI=1S/3C18H15P.3C4H6O3.CO.Rh/c3*1-4-10-16(11-5-1)19(17-12-6-2-7-13-17)18-14-8-3-9-15-18;3*1-3(5)2-4(6)7;1-2;/h3*1-15H;3*2H2,1H3,(H,6,7);;/q;;;;;;;+3/p-3. The number of aliphatic carboxylic acids is 3. The Morgan fingerprint density at radius 1 is 0.259 bits per heavy atom. The van der Waals surface area contributed by atoms with Crippen LogP contribution in [0.4, 0.5) is 0 Å². The summed E-state index contributed by atoms with van der Waals surface area (Å²) >= 11 is 0. The van der Waals surface area contributed by atoms with Crippen LogP contribution in [-0.4, -0.2) is 42.0 Å². The van der Waals surface area contributed by atoms with Gasteiger partial charge < -0.3 is 29.7 Å². The summed E-state index contributed by atoms with van der Waals surface area (Å²) in [5.74, 6) is -5.06. The molecule has 0 N–H and O–H groups in total. The fourth-order valence-corrected chi connectivity index (χ4v) is 14.1. The maximum atomic E-state index is 9.83. The van der Waals surface area contributed by atoms with E-state index in [1.54, 1.807) is 0 Å². The number of carbonyl (C=O) groups is 6. The molecule has 0 saturated carbocycles. The smallest absolute Gasteiger partial charge is 0.550 e. The second-order valence-corrected chi connectivity index (χ2v) is 23.4. The first kappa shape index (κ1) is 69.1. The maximum absolute atomic E-state index is 9.83. The number of Topliss-reactive ketones (excluding diaryl/α,β-unsaturated/α-hetero) is 3. The molecule has 0 atom stereocenters. The first-order chi connectivity index (χ1) is 38.7. The van der Waals surface area contributed by atoms with Crippen LogP contribution in [0.2, 0.25) is 0 Å². The van der Waals surface area contributed by atoms with E-state index in [-0.39, 0.29) is 36.8 Å². The quantitative estimate of drug-likeness (QED) is 0.0661. The zero-order valence-electron chi connectivity index (χ0n) is 44.9. The maximum Gasteiger partial charge on any atom is 3.00 e. The molecule has 0 unspecified atom stereocenters. The van der Waals surface area contributed by atoms with E-state index in [9.17, 15) is 44.1 Å². The summed E-state index contributed by atoms with van der Waals surface area (Å²) in [4.78, 5) is 65.4. The number of rotatable bonds is 15. The van der Waals surface area contributed by atoms with E-state index in [4.69, 9.17) is 4.79 Å². The Hall–Kier alpha value is -8.02. The third-order valence-corrected chi connectivity index (χ3v) is 17.6. The van der Waals surface area contributed by atoms with Crippen LogP contribution >= 0.6 is 23.8 Å². The van der Waals surface area contributed by atoms with Crippen LogP contribution in [0.25, 0.3) is 0 Å². The van der Waals surface area contributed by atoms with Crippen molar-refractivity contribution in [2.24, 2.45) is 0 Å². The second kappa shape index (κ2) is 41.1. The molecule has 81 heavy (non-hydrogen) atoms. The molecule has 0 aliphatic rings. The summed E-state index contributed by atoms with van der Waals surface area (Å²) in [5, 5.41) is 41.0. The van der Waals surface area contributed by atoms with E-state index in [1.165, 1.54) is 68.5 Å². The van der Waals surface area contributed by atoms with Gasteiger partial charge in [0.1, 0.15) is 17.3 Å². The van der Waals surface area contributed by atoms with Gasteiger partial charge in [0.25, 0.3) is 6.79 Å². The van der Waals surface area contributed by atoms with Crippen LogP contribution in [0.3, 0.4) is 0 Å². The van der Waals surface area contributed by atoms with Crippen molar-refractivity contribution in [3.8, 4) is 0 Å². The van der Waals surface area contributed by atoms with E-state index < -0.39 is 60.9 Å². The van der Waals surface area contributed by atoms with Gasteiger partial charge in [-0.05, 0) is 92.3 Å². The van der Waals surface area contributed by atoms with E-state index in [0.717, 1.165) is 0 Å². The SMILES string of the molecule is CC(=O)CC(=O)[O-].CC(=O)CC(=O)[O-].CC(=O)CC(=O)[O-].[C]=O.[Rh+3].c1ccc(P(c2ccccc2)c2ccccc2)cc1.c1ccc(P(c2ccccc2)c2ccccc2)cc1.c1ccc(P(c2ccccc2)c2ccccc2)cc1. The number of carboxylic acids is 3. The first-order valence-electron chi connectivity index (χ1n) is 24.9. The molecular formula is C67H60O10P3Rh. The number of carbonyl (C=O) groups excluding carboxylic acids is 7. The third kappa shape index (κ3) is 28.1. The topological polar surface area (TPSA) is 189 Å². The summed E-state index contributed by atoms with van der Waals surface area (Å²) in [7, 11) is -1.34. The molecule has 9 aromatic rings. The summed E-state index contributed by atoms with van der Waals surface area (Å²) in [6, 6.07) is 97.0. The number of hydrogen-bond acceptors (Lipinski definition) is 10. The Labute approximate surface area is 492 Å². The van der Waals surface area contributed by atoms with Gasteiger partial charge >= 0.3 is 19.5 Å². The fraction of sp³-hybridized carbons (Fsp3) is 0.0896. The average Bonchev–Trinajstić information content (AvgIpc) is 3.50. The zero-order chi connectivity index (χ0) is 58.3. The molecule has 0 saturated heterocycles. The molecule has 9 aromatic carbocycles. The molecule has 14 heteroatoms. The van der Waals surface area contributed by atoms with Crippen molar-refractivity contribution in [2.75, 3.05) is 0 Å². The van der Waals surface area contributed by atoms with Crippen molar-refractivity contribution in [1.82, 2.24) is 0 Å². The molecule has 0 fully saturated rings. The van der Waals surface area contributed by atoms with Crippen LogP contribution in [0.15, 0.2) is 273 Å². The van der Waals surface area contributed by atoms with Gasteiger partial charge in [0, 0.05) is 37.2 Å². The van der Waals surface area contributed by atoms with Crippen LogP contribution < -0.4 is 63.1 Å². The van der Waals surface area contributed by atoms with E-state index in [0.29, 0.717) is 0 Å². The normalized spacial score (nSPS) is 9.60. The minimum atomic E-state index is -1.31. The first-order valence-corrected chi connectivity index (χ1v) is 28.9. The van der Waals surface area contributed by atoms with Crippen LogP contribution in [0, 0.1) is 0 Å². The molecule has 0 heterocycles. The molecule has 0 aliphatic heterocycles. The summed E-state index contributed by atoms with van der Waals surface area (Å²) in [6.07, 6.45) is -1.42. The third-order valence-electron chi connectivity index (χ3n) is 10.3. The van der Waals surface area contributed by atoms with Crippen molar-refractivity contribution in [1.29, 1.82) is 0 Å². The van der Waals surface area contributed by atoms with Crippen molar-refractivity contribution >= 4 is 114 Å². The van der Waals surface area contributed by atoms with E-state index in [1.807, 2.05) is 0 Å². The Kier molecular flexibility index (Phi) is 35.0. The van der Waals surface area contributed by atoms with Crippen molar-refractivity contribution in [3.63, 3.8) is 0 Å². The van der Waals surface area contributed by atoms with Gasteiger partial charge in [-0.2, -0.15) is 0 Å². The zero-order valence-corrected chi connectivity index (χ0v) is 49.2. The number of ketones is 3. The molecule has 10 nitrogen and oxygen atoms in total. The minimum absolute atomic E-state index is 0. The van der Waals surface area contributed by atoms with Gasteiger partial charge in [-0.15, -0.1) is 0 Å². The number of benzene rings is 9. The summed E-state index contributed by atoms with van der Waals surface area (Å²) in [5.41, 5.74) is 0. The largest absolute Gasteiger partial charge is 3.00 e. The monoisotopic (exact) mass is 1220 g/mol. The van der Waals surface area contributed by atoms with Crippen LogP contribution in [0.5, 0.6) is 0 Å². The molecule has 412 valence electrons. The van der Waals surface area contributed by atoms with Crippen molar-refractivity contribution < 1.29 is 68.4 Å². The van der Waals surface area contributed by atoms with Gasteiger partial charge in [-0.3, -0.25) is 19.2 Å². The van der Waals surface area contributed by atoms with Crippen molar-refractivity contribution in [2.45, 2.75) is 40.0 Å². The molecular weight excluding hydrogens is 1160 g/mol. The minimum Gasteiger partial charge on any atom is -0.550 e. The second-order valence-electron chi connectivity index (χ2n) is 16.8. The molecule has 0 aliphatic carbocycles. The average molecular weight is 1220 g/mol. The van der Waals surface area contributed by atoms with Gasteiger partial charge in [-0.1, -0.05) is 273 Å². The molecule has 0 amide bonds. The van der Waals surface area contributed by atoms with Gasteiger partial charge in [-0.25, -0.2) is 0 Å². The molecule has 0 aromatic heterocycles. The Morgan fingerprint density at radius 3 is 0.420 bits per heavy atom. The molecule has 2 radical (unpaired) electrons. The number of hydrogen-bond donors (Lipinski definition) is 0. The Morgan fingerprint density at radius 2 is 0.358 bits per heavy atom. The Bertz CT molecular complexity index is 2510. The van der Waals surface area contributed by atoms with E-state index >= 15 is 0 Å². The predicted molar refractivity (Wildman–Crippen MR) is 322 cm³/mol. The summed E-state index contributed by atoms with van der Waals surface area (Å²) < 4.78 is 0. The Balaban J connectivity index is 0.000000348.